The molecule has 0 aromatic carbocycles. The van der Waals surface area contributed by atoms with Gasteiger partial charge in [0.25, 0.3) is 11.8 Å². The Labute approximate surface area is 124 Å². The van der Waals surface area contributed by atoms with Crippen molar-refractivity contribution in [1.82, 2.24) is 10.2 Å². The maximum atomic E-state index is 11.9. The van der Waals surface area contributed by atoms with E-state index < -0.39 is 15.7 Å². The first-order valence-electron chi connectivity index (χ1n) is 5.84. The van der Waals surface area contributed by atoms with E-state index >= 15 is 0 Å². The minimum atomic E-state index is -1.06. The molecule has 1 aliphatic carbocycles. The van der Waals surface area contributed by atoms with Crippen LogP contribution >= 0.6 is 23.2 Å². The zero-order valence-electron chi connectivity index (χ0n) is 10.4. The second-order valence-electron chi connectivity index (χ2n) is 4.77. The second-order valence-corrected chi connectivity index (χ2v) is 6.25. The van der Waals surface area contributed by atoms with E-state index in [0.29, 0.717) is 12.2 Å². The highest BCUT2D eigenvalue weighted by Crippen LogP contribution is 2.64. The van der Waals surface area contributed by atoms with Crippen LogP contribution in [0.15, 0.2) is 27.2 Å². The van der Waals surface area contributed by atoms with Gasteiger partial charge in [-0.25, -0.2) is 0 Å². The van der Waals surface area contributed by atoms with Gasteiger partial charge >= 0.3 is 5.97 Å². The quantitative estimate of drug-likeness (QED) is 0.637. The number of hydrogen-bond donors (Lipinski definition) is 0. The summed E-state index contributed by atoms with van der Waals surface area (Å²) >= 11 is 11.8. The Hall–Kier alpha value is -1.53. The Morgan fingerprint density at radius 3 is 2.85 bits per heavy atom. The zero-order chi connectivity index (χ0) is 14.4. The minimum absolute atomic E-state index is 0.133. The van der Waals surface area contributed by atoms with Gasteiger partial charge in [-0.2, -0.15) is 0 Å². The van der Waals surface area contributed by atoms with Gasteiger partial charge in [-0.05, 0) is 19.1 Å². The molecule has 1 aliphatic rings. The molecule has 20 heavy (non-hydrogen) atoms. The van der Waals surface area contributed by atoms with Gasteiger partial charge in [0, 0.05) is 6.42 Å². The number of nitrogens with zero attached hydrogens (tertiary/aromatic N) is 2. The minimum Gasteiger partial charge on any atom is -0.459 e. The maximum absolute atomic E-state index is 11.9. The van der Waals surface area contributed by atoms with E-state index in [1.807, 2.05) is 0 Å². The normalized spacial score (nSPS) is 23.6. The van der Waals surface area contributed by atoms with E-state index in [0.717, 1.165) is 0 Å². The lowest BCUT2D eigenvalue weighted by atomic mass is 10.1. The largest absolute Gasteiger partial charge is 0.459 e. The Morgan fingerprint density at radius 2 is 2.25 bits per heavy atom. The lowest BCUT2D eigenvalue weighted by Crippen LogP contribution is -2.21. The standard InChI is InChI=1S/C12H10Cl2N2O4/c1-11(6-12(11,13)14)10(17)19-5-8-15-16-9(20-8)7-3-2-4-18-7/h2-4H,5-6H2,1H3/t11-/m1/s1. The highest BCUT2D eigenvalue weighted by molar-refractivity contribution is 6.53. The number of rotatable bonds is 4. The average Bonchev–Trinajstić information content (AvgIpc) is 2.92. The number of esters is 1. The van der Waals surface area contributed by atoms with Crippen LogP contribution in [0.25, 0.3) is 11.7 Å². The molecule has 0 saturated heterocycles. The van der Waals surface area contributed by atoms with Gasteiger partial charge in [-0.1, -0.05) is 0 Å². The summed E-state index contributed by atoms with van der Waals surface area (Å²) in [5.41, 5.74) is -0.875. The van der Waals surface area contributed by atoms with E-state index in [9.17, 15) is 4.79 Å². The first kappa shape index (κ1) is 13.5. The van der Waals surface area contributed by atoms with E-state index in [2.05, 4.69) is 10.2 Å². The first-order chi connectivity index (χ1) is 9.42. The first-order valence-corrected chi connectivity index (χ1v) is 6.59. The van der Waals surface area contributed by atoms with Crippen LogP contribution in [0.3, 0.4) is 0 Å². The van der Waals surface area contributed by atoms with Gasteiger partial charge in [0.2, 0.25) is 0 Å². The molecule has 8 heteroatoms. The summed E-state index contributed by atoms with van der Waals surface area (Å²) < 4.78 is 14.4. The van der Waals surface area contributed by atoms with Crippen molar-refractivity contribution in [3.63, 3.8) is 0 Å². The molecule has 0 aliphatic heterocycles. The van der Waals surface area contributed by atoms with Gasteiger partial charge < -0.3 is 13.6 Å². The number of ether oxygens (including phenoxy) is 1. The summed E-state index contributed by atoms with van der Waals surface area (Å²) in [5, 5.41) is 7.55. The van der Waals surface area contributed by atoms with Crippen molar-refractivity contribution in [3.8, 4) is 11.7 Å². The molecule has 1 atom stereocenters. The van der Waals surface area contributed by atoms with E-state index in [4.69, 9.17) is 36.8 Å². The average molecular weight is 317 g/mol. The zero-order valence-corrected chi connectivity index (χ0v) is 11.9. The molecule has 2 heterocycles. The third-order valence-electron chi connectivity index (χ3n) is 3.23. The van der Waals surface area contributed by atoms with Crippen LogP contribution in [0.5, 0.6) is 0 Å². The number of hydrogen-bond acceptors (Lipinski definition) is 6. The summed E-state index contributed by atoms with van der Waals surface area (Å²) in [4.78, 5) is 11.9. The molecule has 2 aromatic heterocycles. The van der Waals surface area contributed by atoms with Crippen molar-refractivity contribution >= 4 is 29.2 Å². The van der Waals surface area contributed by atoms with Crippen molar-refractivity contribution in [1.29, 1.82) is 0 Å². The van der Waals surface area contributed by atoms with Crippen molar-refractivity contribution in [2.45, 2.75) is 24.3 Å². The van der Waals surface area contributed by atoms with Gasteiger partial charge in [0.15, 0.2) is 12.4 Å². The van der Waals surface area contributed by atoms with Crippen LogP contribution in [-0.4, -0.2) is 20.5 Å². The fourth-order valence-electron chi connectivity index (χ4n) is 1.72. The molecule has 0 unspecified atom stereocenters. The molecule has 0 spiro atoms. The molecular weight excluding hydrogens is 307 g/mol. The Morgan fingerprint density at radius 1 is 1.50 bits per heavy atom. The van der Waals surface area contributed by atoms with E-state index in [1.165, 1.54) is 6.26 Å². The lowest BCUT2D eigenvalue weighted by Gasteiger charge is -2.09. The van der Waals surface area contributed by atoms with Crippen molar-refractivity contribution in [2.75, 3.05) is 0 Å². The highest BCUT2D eigenvalue weighted by atomic mass is 35.5. The predicted molar refractivity (Wildman–Crippen MR) is 69.0 cm³/mol. The Kier molecular flexibility index (Phi) is 3.02. The molecule has 106 valence electrons. The Balaban J connectivity index is 1.61. The number of furan rings is 1. The van der Waals surface area contributed by atoms with Crippen molar-refractivity contribution in [2.24, 2.45) is 5.41 Å². The summed E-state index contributed by atoms with van der Waals surface area (Å²) in [6.07, 6.45) is 1.86. The van der Waals surface area contributed by atoms with Gasteiger partial charge in [0.05, 0.1) is 6.26 Å². The molecule has 2 aromatic rings. The topological polar surface area (TPSA) is 78.4 Å². The summed E-state index contributed by atoms with van der Waals surface area (Å²) in [6, 6.07) is 3.39. The molecule has 1 saturated carbocycles. The number of carbonyl (C=O) groups excluding carboxylic acids is 1. The molecule has 0 amide bonds. The van der Waals surface area contributed by atoms with Crippen LogP contribution in [0, 0.1) is 5.41 Å². The van der Waals surface area contributed by atoms with Crippen LogP contribution in [0.1, 0.15) is 19.2 Å². The molecule has 3 rings (SSSR count). The Bertz CT molecular complexity index is 638. The summed E-state index contributed by atoms with van der Waals surface area (Å²) in [6.45, 7) is 1.52. The summed E-state index contributed by atoms with van der Waals surface area (Å²) in [5.74, 6) is 0.358. The molecular formula is C12H10Cl2N2O4. The number of halogens is 2. The van der Waals surface area contributed by atoms with Crippen molar-refractivity contribution < 1.29 is 18.4 Å². The number of aromatic nitrogens is 2. The highest BCUT2D eigenvalue weighted by Gasteiger charge is 2.69. The van der Waals surface area contributed by atoms with Crippen LogP contribution in [-0.2, 0) is 16.1 Å². The van der Waals surface area contributed by atoms with Crippen LogP contribution < -0.4 is 0 Å². The van der Waals surface area contributed by atoms with Crippen LogP contribution in [0.2, 0.25) is 0 Å². The molecule has 6 nitrogen and oxygen atoms in total. The molecule has 0 bridgehead atoms. The number of carbonyl (C=O) groups is 1. The van der Waals surface area contributed by atoms with Gasteiger partial charge in [-0.3, -0.25) is 4.79 Å². The fraction of sp³-hybridized carbons (Fsp3) is 0.417. The molecule has 0 radical (unpaired) electrons. The number of alkyl halides is 2. The van der Waals surface area contributed by atoms with Gasteiger partial charge in [0.1, 0.15) is 9.75 Å². The summed E-state index contributed by atoms with van der Waals surface area (Å²) in [7, 11) is 0. The SMILES string of the molecule is C[C@]1(C(=O)OCc2nnc(-c3ccco3)o2)CC1(Cl)Cl. The fourth-order valence-corrected chi connectivity index (χ4v) is 2.41. The third-order valence-corrected chi connectivity index (χ3v) is 4.34. The monoisotopic (exact) mass is 316 g/mol. The lowest BCUT2D eigenvalue weighted by molar-refractivity contribution is -0.151. The van der Waals surface area contributed by atoms with Crippen molar-refractivity contribution in [3.05, 3.63) is 24.3 Å². The molecule has 0 N–H and O–H groups in total. The van der Waals surface area contributed by atoms with E-state index in [1.54, 1.807) is 19.1 Å². The molecule has 1 fully saturated rings. The van der Waals surface area contributed by atoms with E-state index in [-0.39, 0.29) is 18.4 Å². The maximum Gasteiger partial charge on any atom is 0.315 e. The second kappa shape index (κ2) is 4.49. The smallest absolute Gasteiger partial charge is 0.315 e. The van der Waals surface area contributed by atoms with Crippen LogP contribution in [0.4, 0.5) is 0 Å². The predicted octanol–water partition coefficient (Wildman–Crippen LogP) is 2.96. The van der Waals surface area contributed by atoms with Gasteiger partial charge in [-0.15, -0.1) is 33.4 Å². The third kappa shape index (κ3) is 2.19.